The minimum absolute atomic E-state index is 0.106. The molecule has 0 aromatic carbocycles. The number of hydrogen-bond donors (Lipinski definition) is 1. The van der Waals surface area contributed by atoms with Gasteiger partial charge < -0.3 is 10.5 Å². The zero-order valence-electron chi connectivity index (χ0n) is 5.76. The molecular formula is C7H13NO. The molecule has 1 aliphatic carbocycles. The molecule has 2 N–H and O–H groups in total. The lowest BCUT2D eigenvalue weighted by Gasteiger charge is -2.20. The van der Waals surface area contributed by atoms with E-state index in [9.17, 15) is 4.79 Å². The second-order valence-corrected chi connectivity index (χ2v) is 3.12. The Morgan fingerprint density at radius 3 is 2.67 bits per heavy atom. The van der Waals surface area contributed by atoms with Crippen LogP contribution >= 0.6 is 0 Å². The van der Waals surface area contributed by atoms with Crippen molar-refractivity contribution in [3.05, 3.63) is 0 Å². The van der Waals surface area contributed by atoms with Gasteiger partial charge in [0.2, 0.25) is 0 Å². The van der Waals surface area contributed by atoms with Gasteiger partial charge in [-0.15, -0.1) is 0 Å². The summed E-state index contributed by atoms with van der Waals surface area (Å²) in [6.07, 6.45) is 4.09. The van der Waals surface area contributed by atoms with Crippen LogP contribution in [0, 0.1) is 5.41 Å². The van der Waals surface area contributed by atoms with E-state index in [1.807, 2.05) is 6.92 Å². The van der Waals surface area contributed by atoms with Crippen LogP contribution in [-0.2, 0) is 4.79 Å². The van der Waals surface area contributed by atoms with Crippen molar-refractivity contribution in [2.75, 3.05) is 0 Å². The molecule has 0 heterocycles. The standard InChI is InChI=1S/C7H13NO/c1-7(5-9)4-2-3-6(7)8/h5-6H,2-4,8H2,1H3/t6-,7+/m0/s1. The van der Waals surface area contributed by atoms with Gasteiger partial charge in [-0.05, 0) is 12.8 Å². The third-order valence-corrected chi connectivity index (χ3v) is 2.35. The summed E-state index contributed by atoms with van der Waals surface area (Å²) in [6, 6.07) is 0.106. The highest BCUT2D eigenvalue weighted by molar-refractivity contribution is 5.60. The molecule has 0 aromatic rings. The molecule has 1 fully saturated rings. The van der Waals surface area contributed by atoms with Gasteiger partial charge in [0.1, 0.15) is 6.29 Å². The van der Waals surface area contributed by atoms with Gasteiger partial charge in [0.15, 0.2) is 0 Å². The van der Waals surface area contributed by atoms with Gasteiger partial charge in [0.05, 0.1) is 0 Å². The van der Waals surface area contributed by atoms with Gasteiger partial charge >= 0.3 is 0 Å². The Labute approximate surface area is 55.4 Å². The molecule has 0 aromatic heterocycles. The average Bonchev–Trinajstić information content (AvgIpc) is 2.15. The lowest BCUT2D eigenvalue weighted by atomic mass is 9.87. The zero-order chi connectivity index (χ0) is 6.91. The topological polar surface area (TPSA) is 43.1 Å². The van der Waals surface area contributed by atoms with E-state index in [2.05, 4.69) is 0 Å². The molecule has 0 spiro atoms. The molecule has 2 heteroatoms. The molecule has 1 aliphatic rings. The number of rotatable bonds is 1. The van der Waals surface area contributed by atoms with Crippen molar-refractivity contribution in [1.82, 2.24) is 0 Å². The van der Waals surface area contributed by atoms with E-state index in [0.717, 1.165) is 25.5 Å². The molecule has 0 saturated heterocycles. The molecule has 2 nitrogen and oxygen atoms in total. The first kappa shape index (κ1) is 6.75. The maximum absolute atomic E-state index is 10.5. The maximum atomic E-state index is 10.5. The van der Waals surface area contributed by atoms with Crippen molar-refractivity contribution < 1.29 is 4.79 Å². The average molecular weight is 127 g/mol. The van der Waals surface area contributed by atoms with Crippen molar-refractivity contribution in [2.45, 2.75) is 32.2 Å². The highest BCUT2D eigenvalue weighted by Gasteiger charge is 2.35. The van der Waals surface area contributed by atoms with Crippen LogP contribution in [0.15, 0.2) is 0 Å². The minimum atomic E-state index is -0.208. The summed E-state index contributed by atoms with van der Waals surface area (Å²) in [4.78, 5) is 10.5. The van der Waals surface area contributed by atoms with E-state index in [4.69, 9.17) is 5.73 Å². The molecular weight excluding hydrogens is 114 g/mol. The van der Waals surface area contributed by atoms with E-state index >= 15 is 0 Å². The Hall–Kier alpha value is -0.370. The van der Waals surface area contributed by atoms with Crippen LogP contribution in [0.3, 0.4) is 0 Å². The first-order valence-corrected chi connectivity index (χ1v) is 3.41. The van der Waals surface area contributed by atoms with Crippen LogP contribution in [0.5, 0.6) is 0 Å². The maximum Gasteiger partial charge on any atom is 0.127 e. The summed E-state index contributed by atoms with van der Waals surface area (Å²) in [7, 11) is 0. The quantitative estimate of drug-likeness (QED) is 0.527. The Balaban J connectivity index is 2.66. The minimum Gasteiger partial charge on any atom is -0.327 e. The summed E-state index contributed by atoms with van der Waals surface area (Å²) >= 11 is 0. The number of carbonyl (C=O) groups excluding carboxylic acids is 1. The van der Waals surface area contributed by atoms with E-state index in [1.165, 1.54) is 0 Å². The van der Waals surface area contributed by atoms with Crippen molar-refractivity contribution in [3.8, 4) is 0 Å². The van der Waals surface area contributed by atoms with Gasteiger partial charge in [0, 0.05) is 11.5 Å². The molecule has 1 saturated carbocycles. The van der Waals surface area contributed by atoms with Crippen molar-refractivity contribution in [3.63, 3.8) is 0 Å². The third kappa shape index (κ3) is 0.990. The molecule has 0 aliphatic heterocycles. The van der Waals surface area contributed by atoms with Crippen molar-refractivity contribution in [2.24, 2.45) is 11.1 Å². The van der Waals surface area contributed by atoms with Crippen LogP contribution in [0.1, 0.15) is 26.2 Å². The summed E-state index contributed by atoms with van der Waals surface area (Å²) in [6.45, 7) is 1.94. The SMILES string of the molecule is C[C@]1(C=O)CCC[C@@H]1N. The molecule has 2 atom stereocenters. The van der Waals surface area contributed by atoms with Crippen LogP contribution in [0.25, 0.3) is 0 Å². The van der Waals surface area contributed by atoms with E-state index in [1.54, 1.807) is 0 Å². The number of aldehydes is 1. The molecule has 9 heavy (non-hydrogen) atoms. The van der Waals surface area contributed by atoms with Gasteiger partial charge in [0.25, 0.3) is 0 Å². The number of nitrogens with two attached hydrogens (primary N) is 1. The summed E-state index contributed by atoms with van der Waals surface area (Å²) in [5.74, 6) is 0. The third-order valence-electron chi connectivity index (χ3n) is 2.35. The Morgan fingerprint density at radius 2 is 2.44 bits per heavy atom. The van der Waals surface area contributed by atoms with Crippen LogP contribution in [0.4, 0.5) is 0 Å². The zero-order valence-corrected chi connectivity index (χ0v) is 5.76. The summed E-state index contributed by atoms with van der Waals surface area (Å²) in [5, 5.41) is 0. The van der Waals surface area contributed by atoms with Gasteiger partial charge in [-0.2, -0.15) is 0 Å². The van der Waals surface area contributed by atoms with Crippen LogP contribution in [-0.4, -0.2) is 12.3 Å². The van der Waals surface area contributed by atoms with Crippen molar-refractivity contribution >= 4 is 6.29 Å². The number of hydrogen-bond acceptors (Lipinski definition) is 2. The Morgan fingerprint density at radius 1 is 1.78 bits per heavy atom. The summed E-state index contributed by atoms with van der Waals surface area (Å²) in [5.41, 5.74) is 5.48. The fourth-order valence-electron chi connectivity index (χ4n) is 1.36. The first-order chi connectivity index (χ1) is 4.19. The molecule has 0 radical (unpaired) electrons. The normalized spacial score (nSPS) is 43.1. The van der Waals surface area contributed by atoms with Crippen molar-refractivity contribution in [1.29, 1.82) is 0 Å². The highest BCUT2D eigenvalue weighted by atomic mass is 16.1. The van der Waals surface area contributed by atoms with Crippen LogP contribution < -0.4 is 5.73 Å². The lowest BCUT2D eigenvalue weighted by Crippen LogP contribution is -2.35. The first-order valence-electron chi connectivity index (χ1n) is 3.41. The van der Waals surface area contributed by atoms with Gasteiger partial charge in [-0.25, -0.2) is 0 Å². The predicted octanol–water partition coefficient (Wildman–Crippen LogP) is 0.703. The molecule has 1 rings (SSSR count). The smallest absolute Gasteiger partial charge is 0.127 e. The predicted molar refractivity (Wildman–Crippen MR) is 36.0 cm³/mol. The number of carbonyl (C=O) groups is 1. The van der Waals surface area contributed by atoms with E-state index in [-0.39, 0.29) is 11.5 Å². The van der Waals surface area contributed by atoms with E-state index in [0.29, 0.717) is 0 Å². The second-order valence-electron chi connectivity index (χ2n) is 3.12. The molecule has 0 amide bonds. The van der Waals surface area contributed by atoms with E-state index < -0.39 is 0 Å². The van der Waals surface area contributed by atoms with Crippen LogP contribution in [0.2, 0.25) is 0 Å². The molecule has 0 bridgehead atoms. The largest absolute Gasteiger partial charge is 0.327 e. The molecule has 52 valence electrons. The highest BCUT2D eigenvalue weighted by Crippen LogP contribution is 2.34. The monoisotopic (exact) mass is 127 g/mol. The van der Waals surface area contributed by atoms with Gasteiger partial charge in [-0.3, -0.25) is 0 Å². The molecule has 0 unspecified atom stereocenters. The lowest BCUT2D eigenvalue weighted by molar-refractivity contribution is -0.115. The van der Waals surface area contributed by atoms with Gasteiger partial charge in [-0.1, -0.05) is 13.3 Å². The fourth-order valence-corrected chi connectivity index (χ4v) is 1.36. The Kier molecular flexibility index (Phi) is 1.58. The fraction of sp³-hybridized carbons (Fsp3) is 0.857. The summed E-state index contributed by atoms with van der Waals surface area (Å²) < 4.78 is 0. The Bertz CT molecular complexity index is 124. The second kappa shape index (κ2) is 2.10.